The minimum atomic E-state index is -3.81. The molecule has 1 aromatic carbocycles. The van der Waals surface area contributed by atoms with E-state index >= 15 is 0 Å². The zero-order valence-electron chi connectivity index (χ0n) is 16.9. The molecule has 0 amide bonds. The van der Waals surface area contributed by atoms with E-state index in [1.807, 2.05) is 0 Å². The monoisotopic (exact) mass is 432 g/mol. The lowest BCUT2D eigenvalue weighted by molar-refractivity contribution is -0.139. The summed E-state index contributed by atoms with van der Waals surface area (Å²) >= 11 is 0. The summed E-state index contributed by atoms with van der Waals surface area (Å²) in [6.07, 6.45) is 8.70. The van der Waals surface area contributed by atoms with Gasteiger partial charge in [-0.05, 0) is 37.1 Å². The molecule has 8 nitrogen and oxygen atoms in total. The minimum Gasteiger partial charge on any atom is -0.465 e. The molecule has 2 aliphatic heterocycles. The molecule has 0 spiro atoms. The van der Waals surface area contributed by atoms with E-state index in [1.54, 1.807) is 30.4 Å². The van der Waals surface area contributed by atoms with Crippen molar-refractivity contribution in [3.05, 3.63) is 60.0 Å². The highest BCUT2D eigenvalue weighted by Gasteiger charge is 2.33. The van der Waals surface area contributed by atoms with Crippen LogP contribution in [0.4, 0.5) is 5.69 Å². The molecule has 3 rings (SSSR count). The molecule has 0 bridgehead atoms. The Morgan fingerprint density at radius 2 is 1.60 bits per heavy atom. The third-order valence-corrected chi connectivity index (χ3v) is 6.89. The van der Waals surface area contributed by atoms with Gasteiger partial charge in [-0.15, -0.1) is 0 Å². The van der Waals surface area contributed by atoms with Gasteiger partial charge in [0.15, 0.2) is 0 Å². The van der Waals surface area contributed by atoms with Crippen LogP contribution >= 0.6 is 0 Å². The number of rotatable bonds is 5. The molecule has 30 heavy (non-hydrogen) atoms. The number of methoxy groups -OCH3 is 2. The van der Waals surface area contributed by atoms with Gasteiger partial charge in [0.2, 0.25) is 10.0 Å². The Hall–Kier alpha value is -2.91. The number of ether oxygens (including phenoxy) is 2. The fourth-order valence-electron chi connectivity index (χ4n) is 3.47. The molecular weight excluding hydrogens is 408 g/mol. The fraction of sp³-hybridized carbons (Fsp3) is 0.333. The number of nitrogens with zero attached hydrogens (tertiary/aromatic N) is 2. The maximum Gasteiger partial charge on any atom is 0.355 e. The molecule has 1 aromatic rings. The first-order chi connectivity index (χ1) is 14.4. The first kappa shape index (κ1) is 21.8. The smallest absolute Gasteiger partial charge is 0.355 e. The Labute approximate surface area is 176 Å². The Morgan fingerprint density at radius 1 is 0.933 bits per heavy atom. The molecular formula is C21H24N2O6S. The summed E-state index contributed by atoms with van der Waals surface area (Å²) in [7, 11) is -1.41. The summed E-state index contributed by atoms with van der Waals surface area (Å²) < 4.78 is 37.9. The molecule has 0 aromatic heterocycles. The number of allylic oxidation sites excluding steroid dienone is 2. The van der Waals surface area contributed by atoms with Crippen molar-refractivity contribution in [3.63, 3.8) is 0 Å². The van der Waals surface area contributed by atoms with Crippen molar-refractivity contribution in [3.8, 4) is 0 Å². The predicted molar refractivity (Wildman–Crippen MR) is 111 cm³/mol. The molecule has 9 heteroatoms. The van der Waals surface area contributed by atoms with E-state index in [2.05, 4.69) is 0 Å². The fourth-order valence-corrected chi connectivity index (χ4v) is 5.17. The van der Waals surface area contributed by atoms with Gasteiger partial charge in [-0.2, -0.15) is 4.31 Å². The number of anilines is 1. The van der Waals surface area contributed by atoms with Crippen molar-refractivity contribution in [2.75, 3.05) is 32.2 Å². The first-order valence-electron chi connectivity index (χ1n) is 9.56. The van der Waals surface area contributed by atoms with Crippen LogP contribution in [-0.4, -0.2) is 52.0 Å². The van der Waals surface area contributed by atoms with Gasteiger partial charge in [0.05, 0.1) is 25.5 Å². The third-order valence-electron chi connectivity index (χ3n) is 4.95. The second-order valence-corrected chi connectivity index (χ2v) is 8.65. The van der Waals surface area contributed by atoms with Crippen molar-refractivity contribution in [1.29, 1.82) is 0 Å². The lowest BCUT2D eigenvalue weighted by Gasteiger charge is -2.29. The van der Waals surface area contributed by atoms with E-state index in [0.29, 0.717) is 13.1 Å². The first-order valence-corrected chi connectivity index (χ1v) is 11.0. The SMILES string of the molecule is COC(=O)C1=C(C(=O)OC)N(c2ccccc2S(=O)(=O)N2CCCCC2)C=CC=C1. The molecule has 0 atom stereocenters. The molecule has 1 saturated heterocycles. The topological polar surface area (TPSA) is 93.2 Å². The molecule has 160 valence electrons. The summed E-state index contributed by atoms with van der Waals surface area (Å²) in [6.45, 7) is 0.891. The summed E-state index contributed by atoms with van der Waals surface area (Å²) in [6, 6.07) is 6.38. The van der Waals surface area contributed by atoms with Gasteiger partial charge in [-0.3, -0.25) is 0 Å². The van der Waals surface area contributed by atoms with Crippen LogP contribution in [0.15, 0.2) is 64.9 Å². The zero-order chi connectivity index (χ0) is 21.7. The summed E-state index contributed by atoms with van der Waals surface area (Å²) in [5.41, 5.74) is 0.0694. The lowest BCUT2D eigenvalue weighted by Crippen LogP contribution is -2.36. The molecule has 2 aliphatic rings. The van der Waals surface area contributed by atoms with Gasteiger partial charge < -0.3 is 14.4 Å². The van der Waals surface area contributed by atoms with Crippen LogP contribution in [0.1, 0.15) is 19.3 Å². The quantitative estimate of drug-likeness (QED) is 0.660. The molecule has 0 N–H and O–H groups in total. The summed E-state index contributed by atoms with van der Waals surface area (Å²) in [5, 5.41) is 0. The lowest BCUT2D eigenvalue weighted by atomic mass is 10.1. The summed E-state index contributed by atoms with van der Waals surface area (Å²) in [4.78, 5) is 26.4. The van der Waals surface area contributed by atoms with E-state index in [1.165, 1.54) is 41.8 Å². The van der Waals surface area contributed by atoms with Gasteiger partial charge in [0, 0.05) is 19.3 Å². The van der Waals surface area contributed by atoms with E-state index in [4.69, 9.17) is 9.47 Å². The zero-order valence-corrected chi connectivity index (χ0v) is 17.7. The molecule has 2 heterocycles. The van der Waals surface area contributed by atoms with E-state index < -0.39 is 22.0 Å². The Balaban J connectivity index is 2.19. The Kier molecular flexibility index (Phi) is 6.73. The average molecular weight is 432 g/mol. The number of hydrogen-bond acceptors (Lipinski definition) is 7. The maximum absolute atomic E-state index is 13.4. The van der Waals surface area contributed by atoms with Gasteiger partial charge in [-0.25, -0.2) is 18.0 Å². The number of benzene rings is 1. The number of carbonyl (C=O) groups is 2. The van der Waals surface area contributed by atoms with Crippen LogP contribution in [0.5, 0.6) is 0 Å². The van der Waals surface area contributed by atoms with E-state index in [9.17, 15) is 18.0 Å². The van der Waals surface area contributed by atoms with Crippen molar-refractivity contribution >= 4 is 27.6 Å². The number of esters is 2. The Morgan fingerprint density at radius 3 is 2.27 bits per heavy atom. The van der Waals surface area contributed by atoms with Gasteiger partial charge in [0.1, 0.15) is 10.6 Å². The van der Waals surface area contributed by atoms with Crippen molar-refractivity contribution in [2.24, 2.45) is 0 Å². The number of hydrogen-bond donors (Lipinski definition) is 0. The standard InChI is InChI=1S/C21H24N2O6S/c1-28-20(24)16-10-6-9-15-23(19(16)21(25)29-2)17-11-4-5-12-18(17)30(26,27)22-13-7-3-8-14-22/h4-6,9-12,15H,3,7-8,13-14H2,1-2H3. The van der Waals surface area contributed by atoms with Gasteiger partial charge >= 0.3 is 11.9 Å². The summed E-state index contributed by atoms with van der Waals surface area (Å²) in [5.74, 6) is -1.53. The van der Waals surface area contributed by atoms with Crippen LogP contribution in [0, 0.1) is 0 Å². The average Bonchev–Trinajstić information content (AvgIpc) is 3.01. The highest BCUT2D eigenvalue weighted by atomic mass is 32.2. The van der Waals surface area contributed by atoms with Crippen LogP contribution in [-0.2, 0) is 29.1 Å². The third kappa shape index (κ3) is 4.17. The van der Waals surface area contributed by atoms with Gasteiger partial charge in [-0.1, -0.05) is 24.6 Å². The number of para-hydroxylation sites is 1. The highest BCUT2D eigenvalue weighted by molar-refractivity contribution is 7.89. The highest BCUT2D eigenvalue weighted by Crippen LogP contribution is 2.34. The molecule has 0 unspecified atom stereocenters. The van der Waals surface area contributed by atoms with Gasteiger partial charge in [0.25, 0.3) is 0 Å². The number of carbonyl (C=O) groups excluding carboxylic acids is 2. The van der Waals surface area contributed by atoms with Crippen molar-refractivity contribution in [2.45, 2.75) is 24.2 Å². The van der Waals surface area contributed by atoms with E-state index in [0.717, 1.165) is 19.3 Å². The minimum absolute atomic E-state index is 0.0421. The Bertz CT molecular complexity index is 1020. The number of piperidine rings is 1. The second-order valence-electron chi connectivity index (χ2n) is 6.75. The largest absolute Gasteiger partial charge is 0.465 e. The maximum atomic E-state index is 13.4. The molecule has 0 radical (unpaired) electrons. The molecule has 1 fully saturated rings. The predicted octanol–water partition coefficient (Wildman–Crippen LogP) is 2.35. The van der Waals surface area contributed by atoms with Crippen molar-refractivity contribution < 1.29 is 27.5 Å². The van der Waals surface area contributed by atoms with Crippen LogP contribution in [0.25, 0.3) is 0 Å². The normalized spacial score (nSPS) is 17.6. The second kappa shape index (κ2) is 9.27. The van der Waals surface area contributed by atoms with E-state index in [-0.39, 0.29) is 21.9 Å². The van der Waals surface area contributed by atoms with Crippen molar-refractivity contribution in [1.82, 2.24) is 4.31 Å². The molecule has 0 saturated carbocycles. The van der Waals surface area contributed by atoms with Crippen LogP contribution in [0.2, 0.25) is 0 Å². The number of sulfonamides is 1. The molecule has 0 aliphatic carbocycles. The van der Waals surface area contributed by atoms with Crippen LogP contribution < -0.4 is 4.90 Å². The van der Waals surface area contributed by atoms with Crippen LogP contribution in [0.3, 0.4) is 0 Å².